The van der Waals surface area contributed by atoms with Gasteiger partial charge in [0.15, 0.2) is 0 Å². The number of fused-ring (bicyclic) bond motifs is 1. The van der Waals surface area contributed by atoms with Gasteiger partial charge in [-0.1, -0.05) is 78.9 Å². The van der Waals surface area contributed by atoms with Crippen LogP contribution >= 0.6 is 0 Å². The lowest BCUT2D eigenvalue weighted by Crippen LogP contribution is -2.31. The first-order chi connectivity index (χ1) is 11.6. The van der Waals surface area contributed by atoms with Crippen molar-refractivity contribution < 1.29 is 0 Å². The molecule has 1 aliphatic heterocycles. The van der Waals surface area contributed by atoms with Gasteiger partial charge in [-0.3, -0.25) is 0 Å². The molecular weight excluding hydrogens is 290 g/mol. The second kappa shape index (κ2) is 5.68. The molecule has 0 aromatic heterocycles. The van der Waals surface area contributed by atoms with Crippen LogP contribution in [0.5, 0.6) is 0 Å². The molecule has 0 aliphatic carbocycles. The summed E-state index contributed by atoms with van der Waals surface area (Å²) < 4.78 is 0. The number of hydrogen-bond acceptors (Lipinski definition) is 1. The summed E-state index contributed by atoms with van der Waals surface area (Å²) in [5.74, 6) is 0. The Bertz CT molecular complexity index is 887. The molecule has 0 saturated heterocycles. The van der Waals surface area contributed by atoms with E-state index >= 15 is 0 Å². The zero-order valence-corrected chi connectivity index (χ0v) is 14.1. The van der Waals surface area contributed by atoms with Crippen molar-refractivity contribution in [2.24, 2.45) is 0 Å². The van der Waals surface area contributed by atoms with Crippen LogP contribution < -0.4 is 5.32 Å². The maximum absolute atomic E-state index is 3.60. The van der Waals surface area contributed by atoms with E-state index in [9.17, 15) is 0 Å². The van der Waals surface area contributed by atoms with E-state index in [4.69, 9.17) is 0 Å². The van der Waals surface area contributed by atoms with Gasteiger partial charge in [0.05, 0.1) is 5.54 Å². The Morgan fingerprint density at radius 3 is 1.96 bits per heavy atom. The fourth-order valence-corrected chi connectivity index (χ4v) is 3.36. The third-order valence-corrected chi connectivity index (χ3v) is 4.48. The van der Waals surface area contributed by atoms with Gasteiger partial charge in [0.1, 0.15) is 0 Å². The molecule has 0 saturated carbocycles. The molecule has 3 aromatic carbocycles. The monoisotopic (exact) mass is 311 g/mol. The van der Waals surface area contributed by atoms with Crippen molar-refractivity contribution in [1.29, 1.82) is 0 Å². The Kier molecular flexibility index (Phi) is 3.50. The number of para-hydroxylation sites is 1. The van der Waals surface area contributed by atoms with Crippen molar-refractivity contribution >= 4 is 11.3 Å². The van der Waals surface area contributed by atoms with E-state index in [0.29, 0.717) is 0 Å². The Hall–Kier alpha value is -2.80. The van der Waals surface area contributed by atoms with Gasteiger partial charge in [-0.05, 0) is 42.2 Å². The summed E-state index contributed by atoms with van der Waals surface area (Å²) in [5, 5.41) is 3.60. The molecule has 118 valence electrons. The summed E-state index contributed by atoms with van der Waals surface area (Å²) in [6, 6.07) is 27.9. The van der Waals surface area contributed by atoms with Gasteiger partial charge in [-0.15, -0.1) is 0 Å². The van der Waals surface area contributed by atoms with E-state index in [1.807, 2.05) is 0 Å². The first-order valence-electron chi connectivity index (χ1n) is 8.39. The van der Waals surface area contributed by atoms with E-state index in [2.05, 4.69) is 104 Å². The molecule has 4 rings (SSSR count). The normalized spacial score (nSPS) is 15.2. The van der Waals surface area contributed by atoms with Crippen molar-refractivity contribution in [3.05, 3.63) is 96.1 Å². The Morgan fingerprint density at radius 1 is 0.625 bits per heavy atom. The van der Waals surface area contributed by atoms with Crippen LogP contribution in [0.15, 0.2) is 84.9 Å². The summed E-state index contributed by atoms with van der Waals surface area (Å²) in [6.07, 6.45) is 2.33. The van der Waals surface area contributed by atoms with E-state index < -0.39 is 0 Å². The van der Waals surface area contributed by atoms with Crippen molar-refractivity contribution in [2.45, 2.75) is 19.4 Å². The number of anilines is 1. The first-order valence-corrected chi connectivity index (χ1v) is 8.39. The Balaban J connectivity index is 1.77. The van der Waals surface area contributed by atoms with Crippen LogP contribution in [0.4, 0.5) is 5.69 Å². The maximum Gasteiger partial charge on any atom is 0.0509 e. The molecule has 0 bridgehead atoms. The second-order valence-electron chi connectivity index (χ2n) is 6.89. The molecule has 1 heterocycles. The van der Waals surface area contributed by atoms with Gasteiger partial charge in [-0.25, -0.2) is 0 Å². The lowest BCUT2D eigenvalue weighted by molar-refractivity contribution is 0.708. The third-order valence-electron chi connectivity index (χ3n) is 4.48. The predicted octanol–water partition coefficient (Wildman–Crippen LogP) is 5.99. The minimum Gasteiger partial charge on any atom is -0.376 e. The van der Waals surface area contributed by atoms with Gasteiger partial charge < -0.3 is 5.32 Å². The topological polar surface area (TPSA) is 12.0 Å². The fraction of sp³-hybridized carbons (Fsp3) is 0.130. The molecule has 0 radical (unpaired) electrons. The van der Waals surface area contributed by atoms with E-state index in [1.165, 1.54) is 33.5 Å². The zero-order chi connectivity index (χ0) is 16.6. The number of benzene rings is 3. The van der Waals surface area contributed by atoms with Gasteiger partial charge in [-0.2, -0.15) is 0 Å². The van der Waals surface area contributed by atoms with Gasteiger partial charge in [0.2, 0.25) is 0 Å². The summed E-state index contributed by atoms with van der Waals surface area (Å²) in [5.41, 5.74) is 7.48. The number of nitrogens with one attached hydrogen (secondary N) is 1. The lowest BCUT2D eigenvalue weighted by atomic mass is 9.86. The zero-order valence-electron chi connectivity index (χ0n) is 14.1. The fourth-order valence-electron chi connectivity index (χ4n) is 3.36. The molecule has 1 heteroatoms. The van der Waals surface area contributed by atoms with E-state index in [-0.39, 0.29) is 5.54 Å². The molecule has 3 aromatic rings. The van der Waals surface area contributed by atoms with Crippen molar-refractivity contribution in [1.82, 2.24) is 0 Å². The predicted molar refractivity (Wildman–Crippen MR) is 103 cm³/mol. The minimum absolute atomic E-state index is 0.0538. The van der Waals surface area contributed by atoms with E-state index in [0.717, 1.165) is 0 Å². The molecule has 0 spiro atoms. The summed E-state index contributed by atoms with van der Waals surface area (Å²) in [6.45, 7) is 4.42. The smallest absolute Gasteiger partial charge is 0.0509 e. The van der Waals surface area contributed by atoms with Gasteiger partial charge >= 0.3 is 0 Å². The van der Waals surface area contributed by atoms with Crippen LogP contribution in [-0.2, 0) is 0 Å². The quantitative estimate of drug-likeness (QED) is 0.613. The molecule has 0 amide bonds. The van der Waals surface area contributed by atoms with Crippen LogP contribution in [0.25, 0.3) is 16.7 Å². The Labute approximate surface area is 143 Å². The Morgan fingerprint density at radius 2 is 1.21 bits per heavy atom. The highest BCUT2D eigenvalue weighted by Crippen LogP contribution is 2.37. The molecule has 1 aliphatic rings. The maximum atomic E-state index is 3.60. The van der Waals surface area contributed by atoms with Crippen LogP contribution in [0.3, 0.4) is 0 Å². The van der Waals surface area contributed by atoms with Crippen LogP contribution in [0.1, 0.15) is 25.0 Å². The average molecular weight is 311 g/mol. The highest BCUT2D eigenvalue weighted by Gasteiger charge is 2.24. The molecule has 0 fully saturated rings. The van der Waals surface area contributed by atoms with Crippen LogP contribution in [0.2, 0.25) is 0 Å². The highest BCUT2D eigenvalue weighted by atomic mass is 15.0. The van der Waals surface area contributed by atoms with Crippen LogP contribution in [0, 0.1) is 0 Å². The molecule has 0 unspecified atom stereocenters. The average Bonchev–Trinajstić information content (AvgIpc) is 2.61. The van der Waals surface area contributed by atoms with Gasteiger partial charge in [0.25, 0.3) is 0 Å². The molecule has 1 nitrogen and oxygen atoms in total. The van der Waals surface area contributed by atoms with Crippen molar-refractivity contribution in [3.8, 4) is 11.1 Å². The minimum atomic E-state index is -0.0538. The number of hydrogen-bond donors (Lipinski definition) is 1. The highest BCUT2D eigenvalue weighted by molar-refractivity contribution is 5.90. The van der Waals surface area contributed by atoms with Crippen LogP contribution in [-0.4, -0.2) is 5.54 Å². The third kappa shape index (κ3) is 2.74. The molecule has 24 heavy (non-hydrogen) atoms. The molecular formula is C23H21N. The van der Waals surface area contributed by atoms with Crippen molar-refractivity contribution in [3.63, 3.8) is 0 Å². The SMILES string of the molecule is CC1(C)C=C(c2ccc(-c3ccccc3)cc2)c2ccccc2N1. The van der Waals surface area contributed by atoms with Crippen molar-refractivity contribution in [2.75, 3.05) is 5.32 Å². The molecule has 0 atom stereocenters. The van der Waals surface area contributed by atoms with E-state index in [1.54, 1.807) is 0 Å². The lowest BCUT2D eigenvalue weighted by Gasteiger charge is -2.32. The number of rotatable bonds is 2. The first kappa shape index (κ1) is 14.8. The van der Waals surface area contributed by atoms with Gasteiger partial charge in [0, 0.05) is 11.3 Å². The summed E-state index contributed by atoms with van der Waals surface area (Å²) >= 11 is 0. The molecule has 1 N–H and O–H groups in total. The second-order valence-corrected chi connectivity index (χ2v) is 6.89. The summed E-state index contributed by atoms with van der Waals surface area (Å²) in [4.78, 5) is 0. The largest absolute Gasteiger partial charge is 0.376 e. The standard InChI is InChI=1S/C23H21N/c1-23(2)16-21(20-10-6-7-11-22(20)24-23)19-14-12-18(13-15-19)17-8-4-3-5-9-17/h3-16,24H,1-2H3. The summed E-state index contributed by atoms with van der Waals surface area (Å²) in [7, 11) is 0.